The number of carbonyl (C=O) groups is 2. The van der Waals surface area contributed by atoms with E-state index in [-0.39, 0.29) is 11.8 Å². The number of amides is 2. The lowest BCUT2D eigenvalue weighted by Gasteiger charge is -2.20. The highest BCUT2D eigenvalue weighted by Gasteiger charge is 2.39. The third kappa shape index (κ3) is 3.08. The molecule has 120 valence electrons. The van der Waals surface area contributed by atoms with Crippen LogP contribution in [0.1, 0.15) is 18.9 Å². The van der Waals surface area contributed by atoms with Crippen molar-refractivity contribution in [2.24, 2.45) is 5.92 Å². The van der Waals surface area contributed by atoms with Gasteiger partial charge < -0.3 is 9.80 Å². The Kier molecular flexibility index (Phi) is 4.44. The number of hydrogen-bond acceptors (Lipinski definition) is 2. The largest absolute Gasteiger partial charge is 0.416 e. The molecule has 22 heavy (non-hydrogen) atoms. The summed E-state index contributed by atoms with van der Waals surface area (Å²) < 4.78 is 37.6. The predicted octanol–water partition coefficient (Wildman–Crippen LogP) is 2.54. The molecule has 0 N–H and O–H groups in total. The van der Waals surface area contributed by atoms with E-state index in [0.717, 1.165) is 12.1 Å². The summed E-state index contributed by atoms with van der Waals surface area (Å²) in [4.78, 5) is 27.2. The molecule has 0 aliphatic carbocycles. The normalized spacial score (nSPS) is 18.7. The highest BCUT2D eigenvalue weighted by Crippen LogP contribution is 2.32. The third-order valence-electron chi connectivity index (χ3n) is 3.86. The molecule has 1 atom stereocenters. The molecule has 1 aliphatic heterocycles. The number of nitrogens with zero attached hydrogens (tertiary/aromatic N) is 2. The summed E-state index contributed by atoms with van der Waals surface area (Å²) in [6, 6.07) is 4.40. The molecule has 4 nitrogen and oxygen atoms in total. The Morgan fingerprint density at radius 1 is 1.32 bits per heavy atom. The third-order valence-corrected chi connectivity index (χ3v) is 3.86. The topological polar surface area (TPSA) is 40.6 Å². The van der Waals surface area contributed by atoms with E-state index in [9.17, 15) is 22.8 Å². The molecule has 1 aromatic rings. The van der Waals surface area contributed by atoms with Crippen molar-refractivity contribution >= 4 is 17.5 Å². The second-order valence-electron chi connectivity index (χ2n) is 5.23. The Bertz CT molecular complexity index is 569. The van der Waals surface area contributed by atoms with E-state index >= 15 is 0 Å². The smallest absolute Gasteiger partial charge is 0.345 e. The number of carbonyl (C=O) groups excluding carboxylic acids is 2. The fourth-order valence-electron chi connectivity index (χ4n) is 2.42. The molecule has 1 unspecified atom stereocenters. The van der Waals surface area contributed by atoms with Gasteiger partial charge in [-0.25, -0.2) is 0 Å². The molecule has 0 radical (unpaired) electrons. The van der Waals surface area contributed by atoms with Crippen molar-refractivity contribution in [2.75, 3.05) is 25.0 Å². The van der Waals surface area contributed by atoms with Gasteiger partial charge in [0.2, 0.25) is 11.8 Å². The molecular formula is C15H17F3N2O2. The van der Waals surface area contributed by atoms with Crippen LogP contribution < -0.4 is 4.90 Å². The van der Waals surface area contributed by atoms with E-state index in [0.29, 0.717) is 25.2 Å². The SMILES string of the molecule is CCN(C)C(=O)C1CCN(c2ccc(C(F)(F)F)cc2)C1=O. The van der Waals surface area contributed by atoms with Crippen molar-refractivity contribution in [1.29, 1.82) is 0 Å². The van der Waals surface area contributed by atoms with Crippen LogP contribution in [0.5, 0.6) is 0 Å². The van der Waals surface area contributed by atoms with Crippen LogP contribution in [0, 0.1) is 5.92 Å². The van der Waals surface area contributed by atoms with Gasteiger partial charge in [-0.3, -0.25) is 9.59 Å². The van der Waals surface area contributed by atoms with Crippen molar-refractivity contribution in [3.63, 3.8) is 0 Å². The van der Waals surface area contributed by atoms with Crippen molar-refractivity contribution in [3.8, 4) is 0 Å². The number of hydrogen-bond donors (Lipinski definition) is 0. The van der Waals surface area contributed by atoms with Crippen LogP contribution >= 0.6 is 0 Å². The lowest BCUT2D eigenvalue weighted by atomic mass is 10.1. The van der Waals surface area contributed by atoms with Crippen LogP contribution in [0.3, 0.4) is 0 Å². The van der Waals surface area contributed by atoms with E-state index in [4.69, 9.17) is 0 Å². The van der Waals surface area contributed by atoms with Crippen molar-refractivity contribution < 1.29 is 22.8 Å². The summed E-state index contributed by atoms with van der Waals surface area (Å²) in [6.45, 7) is 2.64. The van der Waals surface area contributed by atoms with Gasteiger partial charge >= 0.3 is 6.18 Å². The van der Waals surface area contributed by atoms with Crippen LogP contribution in [0.4, 0.5) is 18.9 Å². The highest BCUT2D eigenvalue weighted by molar-refractivity contribution is 6.09. The zero-order chi connectivity index (χ0) is 16.5. The fourth-order valence-corrected chi connectivity index (χ4v) is 2.42. The summed E-state index contributed by atoms with van der Waals surface area (Å²) in [5.74, 6) is -1.35. The number of halogens is 3. The van der Waals surface area contributed by atoms with Gasteiger partial charge in [-0.2, -0.15) is 13.2 Å². The monoisotopic (exact) mass is 314 g/mol. The lowest BCUT2D eigenvalue weighted by molar-refractivity contribution is -0.139. The summed E-state index contributed by atoms with van der Waals surface area (Å²) >= 11 is 0. The zero-order valence-corrected chi connectivity index (χ0v) is 12.4. The Morgan fingerprint density at radius 3 is 2.41 bits per heavy atom. The minimum absolute atomic E-state index is 0.248. The van der Waals surface area contributed by atoms with Crippen LogP contribution in [0.2, 0.25) is 0 Å². The zero-order valence-electron chi connectivity index (χ0n) is 12.4. The van der Waals surface area contributed by atoms with E-state index in [1.165, 1.54) is 21.9 Å². The molecule has 0 aromatic heterocycles. The first-order valence-corrected chi connectivity index (χ1v) is 6.99. The van der Waals surface area contributed by atoms with E-state index < -0.39 is 17.7 Å². The fraction of sp³-hybridized carbons (Fsp3) is 0.467. The van der Waals surface area contributed by atoms with Gasteiger partial charge in [0.25, 0.3) is 0 Å². The molecule has 0 saturated carbocycles. The van der Waals surface area contributed by atoms with Gasteiger partial charge in [-0.1, -0.05) is 0 Å². The molecule has 0 spiro atoms. The molecular weight excluding hydrogens is 297 g/mol. The van der Waals surface area contributed by atoms with Crippen LogP contribution in [0.25, 0.3) is 0 Å². The number of rotatable bonds is 3. The molecule has 2 rings (SSSR count). The maximum atomic E-state index is 12.5. The number of alkyl halides is 3. The molecule has 1 fully saturated rings. The maximum Gasteiger partial charge on any atom is 0.416 e. The Morgan fingerprint density at radius 2 is 1.91 bits per heavy atom. The van der Waals surface area contributed by atoms with Gasteiger partial charge in [-0.15, -0.1) is 0 Å². The van der Waals surface area contributed by atoms with Gasteiger partial charge in [-0.05, 0) is 37.6 Å². The number of anilines is 1. The summed E-state index contributed by atoms with van der Waals surface area (Å²) in [6.07, 6.45) is -4.03. The summed E-state index contributed by atoms with van der Waals surface area (Å²) in [5.41, 5.74) is -0.381. The van der Waals surface area contributed by atoms with E-state index in [1.807, 2.05) is 6.92 Å². The maximum absolute atomic E-state index is 12.5. The predicted molar refractivity (Wildman–Crippen MR) is 75.2 cm³/mol. The minimum atomic E-state index is -4.41. The molecule has 1 aromatic carbocycles. The molecule has 2 amide bonds. The second kappa shape index (κ2) is 5.98. The van der Waals surface area contributed by atoms with Gasteiger partial charge in [0.15, 0.2) is 0 Å². The van der Waals surface area contributed by atoms with Gasteiger partial charge in [0.05, 0.1) is 5.56 Å². The molecule has 7 heteroatoms. The van der Waals surface area contributed by atoms with Crippen LogP contribution in [0.15, 0.2) is 24.3 Å². The van der Waals surface area contributed by atoms with Crippen molar-refractivity contribution in [3.05, 3.63) is 29.8 Å². The first kappa shape index (κ1) is 16.3. The first-order chi connectivity index (χ1) is 10.3. The Balaban J connectivity index is 2.15. The molecule has 0 bridgehead atoms. The molecule has 1 heterocycles. The van der Waals surface area contributed by atoms with Gasteiger partial charge in [0, 0.05) is 25.8 Å². The van der Waals surface area contributed by atoms with Gasteiger partial charge in [0.1, 0.15) is 5.92 Å². The van der Waals surface area contributed by atoms with Crippen LogP contribution in [-0.2, 0) is 15.8 Å². The summed E-state index contributed by atoms with van der Waals surface area (Å²) in [7, 11) is 1.62. The molecule has 1 saturated heterocycles. The lowest BCUT2D eigenvalue weighted by Crippen LogP contribution is -2.37. The van der Waals surface area contributed by atoms with E-state index in [1.54, 1.807) is 7.05 Å². The first-order valence-electron chi connectivity index (χ1n) is 6.99. The number of benzene rings is 1. The Hall–Kier alpha value is -2.05. The Labute approximate surface area is 126 Å². The minimum Gasteiger partial charge on any atom is -0.345 e. The second-order valence-corrected chi connectivity index (χ2v) is 5.23. The van der Waals surface area contributed by atoms with Crippen molar-refractivity contribution in [2.45, 2.75) is 19.5 Å². The summed E-state index contributed by atoms with van der Waals surface area (Å²) in [5, 5.41) is 0. The molecule has 1 aliphatic rings. The average molecular weight is 314 g/mol. The average Bonchev–Trinajstić information content (AvgIpc) is 2.86. The van der Waals surface area contributed by atoms with Crippen molar-refractivity contribution in [1.82, 2.24) is 4.90 Å². The standard InChI is InChI=1S/C15H17F3N2O2/c1-3-19(2)13(21)12-8-9-20(14(12)22)11-6-4-10(5-7-11)15(16,17)18/h4-7,12H,3,8-9H2,1-2H3. The highest BCUT2D eigenvalue weighted by atomic mass is 19.4. The van der Waals surface area contributed by atoms with Crippen LogP contribution in [-0.4, -0.2) is 36.9 Å². The van der Waals surface area contributed by atoms with E-state index in [2.05, 4.69) is 0 Å². The quantitative estimate of drug-likeness (QED) is 0.805.